The molecule has 3 heteroatoms. The van der Waals surface area contributed by atoms with Gasteiger partial charge in [-0.2, -0.15) is 4.99 Å². The molecule has 0 aliphatic carbocycles. The molecule has 1 rings (SSSR count). The molecular formula is C7H8N2S. The molecule has 0 fully saturated rings. The fourth-order valence-corrected chi connectivity index (χ4v) is 0.661. The van der Waals surface area contributed by atoms with Gasteiger partial charge in [-0.25, -0.2) is 0 Å². The van der Waals surface area contributed by atoms with Crippen molar-refractivity contribution in [1.29, 1.82) is 0 Å². The molecule has 3 N–H and O–H groups in total. The number of benzene rings is 1. The van der Waals surface area contributed by atoms with Crippen molar-refractivity contribution in [2.24, 2.45) is 4.99 Å². The highest BCUT2D eigenvalue weighted by molar-refractivity contribution is 7.78. The standard InChI is InChI=1S/C7H5NS.H3N/c9-6-8-7-4-2-1-3-5-7;/h1-5H;1H3. The summed E-state index contributed by atoms with van der Waals surface area (Å²) >= 11 is 4.42. The second-order valence-electron chi connectivity index (χ2n) is 1.54. The summed E-state index contributed by atoms with van der Waals surface area (Å²) in [6, 6.07) is 9.50. The van der Waals surface area contributed by atoms with Crippen LogP contribution < -0.4 is 6.15 Å². The van der Waals surface area contributed by atoms with Crippen LogP contribution in [0.3, 0.4) is 0 Å². The van der Waals surface area contributed by atoms with E-state index in [2.05, 4.69) is 22.4 Å². The van der Waals surface area contributed by atoms with E-state index in [0.717, 1.165) is 5.69 Å². The molecule has 0 radical (unpaired) electrons. The van der Waals surface area contributed by atoms with Gasteiger partial charge >= 0.3 is 0 Å². The normalized spacial score (nSPS) is 7.20. The zero-order valence-corrected chi connectivity index (χ0v) is 6.27. The molecule has 1 aromatic rings. The van der Waals surface area contributed by atoms with Crippen LogP contribution in [0, 0.1) is 0 Å². The van der Waals surface area contributed by atoms with E-state index in [9.17, 15) is 0 Å². The predicted molar refractivity (Wildman–Crippen MR) is 46.2 cm³/mol. The van der Waals surface area contributed by atoms with Gasteiger partial charge in [0.15, 0.2) is 0 Å². The highest BCUT2D eigenvalue weighted by atomic mass is 32.1. The number of aliphatic imine (C=N–C) groups is 1. The largest absolute Gasteiger partial charge is 0.344 e. The highest BCUT2D eigenvalue weighted by Gasteiger charge is 1.79. The lowest BCUT2D eigenvalue weighted by atomic mass is 10.3. The van der Waals surface area contributed by atoms with Crippen molar-refractivity contribution < 1.29 is 0 Å². The van der Waals surface area contributed by atoms with E-state index >= 15 is 0 Å². The molecule has 0 amide bonds. The first-order valence-corrected chi connectivity index (χ1v) is 2.97. The van der Waals surface area contributed by atoms with Gasteiger partial charge in [0.05, 0.1) is 10.8 Å². The van der Waals surface area contributed by atoms with Gasteiger partial charge in [-0.1, -0.05) is 18.2 Å². The van der Waals surface area contributed by atoms with Crippen molar-refractivity contribution in [1.82, 2.24) is 6.15 Å². The number of rotatable bonds is 1. The summed E-state index contributed by atoms with van der Waals surface area (Å²) in [6.45, 7) is 0. The van der Waals surface area contributed by atoms with E-state index in [4.69, 9.17) is 0 Å². The molecule has 0 saturated heterocycles. The lowest BCUT2D eigenvalue weighted by Gasteiger charge is -1.83. The van der Waals surface area contributed by atoms with Crippen LogP contribution in [0.5, 0.6) is 0 Å². The van der Waals surface area contributed by atoms with Crippen molar-refractivity contribution in [3.05, 3.63) is 30.3 Å². The van der Waals surface area contributed by atoms with Crippen molar-refractivity contribution in [3.8, 4) is 0 Å². The SMILES string of the molecule is N.S=C=Nc1ccccc1. The Morgan fingerprint density at radius 2 is 1.80 bits per heavy atom. The summed E-state index contributed by atoms with van der Waals surface area (Å²) in [5, 5.41) is 2.29. The minimum atomic E-state index is 0. The van der Waals surface area contributed by atoms with Crippen molar-refractivity contribution in [2.45, 2.75) is 0 Å². The second-order valence-corrected chi connectivity index (χ2v) is 1.72. The Labute approximate surface area is 65.2 Å². The summed E-state index contributed by atoms with van der Waals surface area (Å²) in [7, 11) is 0. The van der Waals surface area contributed by atoms with E-state index in [-0.39, 0.29) is 6.15 Å². The third-order valence-corrected chi connectivity index (χ3v) is 1.02. The van der Waals surface area contributed by atoms with Crippen LogP contribution in [0.4, 0.5) is 5.69 Å². The summed E-state index contributed by atoms with van der Waals surface area (Å²) in [6.07, 6.45) is 0. The van der Waals surface area contributed by atoms with Crippen molar-refractivity contribution in [3.63, 3.8) is 0 Å². The molecule has 0 heterocycles. The lowest BCUT2D eigenvalue weighted by molar-refractivity contribution is 1.55. The molecule has 0 bridgehead atoms. The Balaban J connectivity index is 0.000000810. The number of hydrogen-bond acceptors (Lipinski definition) is 3. The zero-order chi connectivity index (χ0) is 6.53. The Hall–Kier alpha value is -1.02. The third-order valence-electron chi connectivity index (χ3n) is 0.931. The average Bonchev–Trinajstić information content (AvgIpc) is 1.91. The number of thiocarbonyl (C=S) groups is 1. The maximum absolute atomic E-state index is 4.42. The Morgan fingerprint density at radius 3 is 2.30 bits per heavy atom. The number of nitrogens with zero attached hydrogens (tertiary/aromatic N) is 1. The second kappa shape index (κ2) is 4.82. The maximum atomic E-state index is 4.42. The smallest absolute Gasteiger partial charge is 0.0739 e. The Morgan fingerprint density at radius 1 is 1.20 bits per heavy atom. The first-order chi connectivity index (χ1) is 4.43. The third kappa shape index (κ3) is 2.51. The lowest BCUT2D eigenvalue weighted by Crippen LogP contribution is -1.58. The first kappa shape index (κ1) is 8.98. The fraction of sp³-hybridized carbons (Fsp3) is 0. The molecule has 0 atom stereocenters. The van der Waals surface area contributed by atoms with Crippen LogP contribution >= 0.6 is 12.2 Å². The van der Waals surface area contributed by atoms with E-state index in [0.29, 0.717) is 0 Å². The molecule has 0 unspecified atom stereocenters. The zero-order valence-electron chi connectivity index (χ0n) is 5.45. The molecule has 0 aliphatic rings. The fourth-order valence-electron chi connectivity index (χ4n) is 0.555. The van der Waals surface area contributed by atoms with Crippen LogP contribution in [-0.2, 0) is 0 Å². The van der Waals surface area contributed by atoms with Gasteiger partial charge in [0.25, 0.3) is 0 Å². The first-order valence-electron chi connectivity index (χ1n) is 2.56. The number of para-hydroxylation sites is 1. The van der Waals surface area contributed by atoms with Gasteiger partial charge in [0.1, 0.15) is 0 Å². The van der Waals surface area contributed by atoms with Gasteiger partial charge in [0.2, 0.25) is 0 Å². The molecular weight excluding hydrogens is 144 g/mol. The van der Waals surface area contributed by atoms with E-state index < -0.39 is 0 Å². The quantitative estimate of drug-likeness (QED) is 0.496. The minimum Gasteiger partial charge on any atom is -0.344 e. The number of hydrogen-bond donors (Lipinski definition) is 1. The van der Waals surface area contributed by atoms with Gasteiger partial charge in [-0.05, 0) is 24.4 Å². The molecule has 0 aliphatic heterocycles. The average molecular weight is 152 g/mol. The van der Waals surface area contributed by atoms with Crippen molar-refractivity contribution in [2.75, 3.05) is 0 Å². The predicted octanol–water partition coefficient (Wildman–Crippen LogP) is 2.58. The van der Waals surface area contributed by atoms with E-state index in [1.54, 1.807) is 0 Å². The van der Waals surface area contributed by atoms with Crippen molar-refractivity contribution >= 4 is 23.1 Å². The van der Waals surface area contributed by atoms with Crippen LogP contribution in [-0.4, -0.2) is 5.16 Å². The Kier molecular flexibility index (Phi) is 4.33. The van der Waals surface area contributed by atoms with E-state index in [1.807, 2.05) is 30.3 Å². The molecule has 0 saturated carbocycles. The summed E-state index contributed by atoms with van der Waals surface area (Å²) in [4.78, 5) is 3.77. The molecule has 10 heavy (non-hydrogen) atoms. The van der Waals surface area contributed by atoms with Gasteiger partial charge in [0, 0.05) is 0 Å². The topological polar surface area (TPSA) is 47.4 Å². The monoisotopic (exact) mass is 152 g/mol. The van der Waals surface area contributed by atoms with Gasteiger partial charge < -0.3 is 6.15 Å². The minimum absolute atomic E-state index is 0. The summed E-state index contributed by atoms with van der Waals surface area (Å²) in [5.74, 6) is 0. The molecule has 52 valence electrons. The maximum Gasteiger partial charge on any atom is 0.0739 e. The molecule has 0 aromatic heterocycles. The Bertz CT molecular complexity index is 227. The van der Waals surface area contributed by atoms with Crippen LogP contribution in [0.2, 0.25) is 0 Å². The van der Waals surface area contributed by atoms with Gasteiger partial charge in [-0.15, -0.1) is 0 Å². The molecule has 2 nitrogen and oxygen atoms in total. The van der Waals surface area contributed by atoms with Crippen LogP contribution in [0.15, 0.2) is 35.3 Å². The molecule has 1 aromatic carbocycles. The van der Waals surface area contributed by atoms with Crippen LogP contribution in [0.1, 0.15) is 0 Å². The molecule has 0 spiro atoms. The summed E-state index contributed by atoms with van der Waals surface area (Å²) < 4.78 is 0. The highest BCUT2D eigenvalue weighted by Crippen LogP contribution is 2.07. The van der Waals surface area contributed by atoms with Gasteiger partial charge in [-0.3, -0.25) is 0 Å². The number of isothiocyanates is 1. The summed E-state index contributed by atoms with van der Waals surface area (Å²) in [5.41, 5.74) is 0.854. The van der Waals surface area contributed by atoms with E-state index in [1.165, 1.54) is 0 Å². The van der Waals surface area contributed by atoms with Crippen LogP contribution in [0.25, 0.3) is 0 Å².